The summed E-state index contributed by atoms with van der Waals surface area (Å²) in [6.07, 6.45) is 3.97. The molecule has 1 amide bonds. The maximum Gasteiger partial charge on any atom is 0.261 e. The molecule has 0 unspecified atom stereocenters. The Balaban J connectivity index is 1.46. The molecule has 1 atom stereocenters. The molecule has 29 heavy (non-hydrogen) atoms. The summed E-state index contributed by atoms with van der Waals surface area (Å²) in [6, 6.07) is 11.4. The van der Waals surface area contributed by atoms with Crippen LogP contribution in [0.5, 0.6) is 0 Å². The minimum absolute atomic E-state index is 0.230. The van der Waals surface area contributed by atoms with E-state index in [1.807, 2.05) is 41.9 Å². The van der Waals surface area contributed by atoms with Crippen LogP contribution in [0, 0.1) is 0 Å². The van der Waals surface area contributed by atoms with Gasteiger partial charge in [-0.25, -0.2) is 9.67 Å². The number of carbonyl (C=O) groups is 1. The van der Waals surface area contributed by atoms with Crippen molar-refractivity contribution in [1.82, 2.24) is 24.6 Å². The molecule has 0 saturated carbocycles. The molecule has 3 heterocycles. The van der Waals surface area contributed by atoms with Crippen molar-refractivity contribution in [1.29, 1.82) is 0 Å². The summed E-state index contributed by atoms with van der Waals surface area (Å²) in [4.78, 5) is 35.2. The van der Waals surface area contributed by atoms with Crippen molar-refractivity contribution in [3.05, 3.63) is 69.4 Å². The number of amides is 1. The first-order chi connectivity index (χ1) is 14.1. The van der Waals surface area contributed by atoms with Crippen LogP contribution in [0.25, 0.3) is 11.4 Å². The van der Waals surface area contributed by atoms with E-state index in [-0.39, 0.29) is 23.1 Å². The van der Waals surface area contributed by atoms with Gasteiger partial charge < -0.3 is 9.88 Å². The maximum absolute atomic E-state index is 13.3. The van der Waals surface area contributed by atoms with E-state index >= 15 is 0 Å². The number of carbonyl (C=O) groups excluding carboxylic acids is 1. The summed E-state index contributed by atoms with van der Waals surface area (Å²) < 4.78 is 1.87. The third kappa shape index (κ3) is 3.06. The van der Waals surface area contributed by atoms with Crippen LogP contribution in [0.1, 0.15) is 53.2 Å². The summed E-state index contributed by atoms with van der Waals surface area (Å²) in [5.41, 5.74) is 2.97. The van der Waals surface area contributed by atoms with Crippen molar-refractivity contribution in [2.24, 2.45) is 0 Å². The van der Waals surface area contributed by atoms with Crippen LogP contribution < -0.4 is 5.56 Å². The molecule has 7 heteroatoms. The third-order valence-electron chi connectivity index (χ3n) is 5.96. The monoisotopic (exact) mass is 389 g/mol. The van der Waals surface area contributed by atoms with Crippen LogP contribution in [0.4, 0.5) is 0 Å². The molecule has 0 saturated heterocycles. The Morgan fingerprint density at radius 3 is 2.76 bits per heavy atom. The molecule has 2 aromatic heterocycles. The smallest absolute Gasteiger partial charge is 0.261 e. The fourth-order valence-electron chi connectivity index (χ4n) is 4.34. The number of nitrogens with one attached hydrogen (secondary N) is 1. The SMILES string of the molecule is C[C@H]1c2nc(-c3ccccc3)nn2CCN1C(=O)c1cc2c([nH]c1=O)CCCC2. The van der Waals surface area contributed by atoms with Gasteiger partial charge in [0.1, 0.15) is 11.4 Å². The molecule has 3 aromatic rings. The average Bonchev–Trinajstić information content (AvgIpc) is 3.19. The zero-order chi connectivity index (χ0) is 20.0. The number of hydrogen-bond acceptors (Lipinski definition) is 4. The van der Waals surface area contributed by atoms with Crippen molar-refractivity contribution in [2.45, 2.75) is 45.2 Å². The van der Waals surface area contributed by atoms with Gasteiger partial charge >= 0.3 is 0 Å². The normalized spacial score (nSPS) is 18.2. The summed E-state index contributed by atoms with van der Waals surface area (Å²) in [7, 11) is 0. The minimum Gasteiger partial charge on any atom is -0.327 e. The Hall–Kier alpha value is -3.22. The number of aromatic amines is 1. The molecule has 0 bridgehead atoms. The fourth-order valence-corrected chi connectivity index (χ4v) is 4.34. The van der Waals surface area contributed by atoms with E-state index < -0.39 is 0 Å². The highest BCUT2D eigenvalue weighted by molar-refractivity contribution is 5.94. The second-order valence-electron chi connectivity index (χ2n) is 7.78. The number of fused-ring (bicyclic) bond motifs is 2. The Bertz CT molecular complexity index is 1130. The molecule has 1 aliphatic heterocycles. The van der Waals surface area contributed by atoms with Crippen LogP contribution in [0.15, 0.2) is 41.2 Å². The molecule has 148 valence electrons. The van der Waals surface area contributed by atoms with E-state index in [2.05, 4.69) is 10.1 Å². The molecule has 2 aliphatic rings. The predicted molar refractivity (Wildman–Crippen MR) is 109 cm³/mol. The molecule has 0 fully saturated rings. The first-order valence-electron chi connectivity index (χ1n) is 10.2. The number of H-pyrrole nitrogens is 1. The average molecular weight is 389 g/mol. The summed E-state index contributed by atoms with van der Waals surface area (Å²) in [5.74, 6) is 1.17. The van der Waals surface area contributed by atoms with Gasteiger partial charge in [-0.05, 0) is 44.2 Å². The molecule has 1 aliphatic carbocycles. The lowest BCUT2D eigenvalue weighted by molar-refractivity contribution is 0.0628. The third-order valence-corrected chi connectivity index (χ3v) is 5.96. The molecular formula is C22H23N5O2. The largest absolute Gasteiger partial charge is 0.327 e. The molecular weight excluding hydrogens is 366 g/mol. The van der Waals surface area contributed by atoms with E-state index in [1.165, 1.54) is 0 Å². The minimum atomic E-state index is -0.292. The van der Waals surface area contributed by atoms with Gasteiger partial charge in [-0.3, -0.25) is 9.59 Å². The predicted octanol–water partition coefficient (Wildman–Crippen LogP) is 2.73. The van der Waals surface area contributed by atoms with Gasteiger partial charge in [0.05, 0.1) is 12.6 Å². The lowest BCUT2D eigenvalue weighted by Crippen LogP contribution is -2.43. The standard InChI is InChI=1S/C22H23N5O2/c1-14-20-24-19(15-7-3-2-4-8-15)25-27(20)12-11-26(14)22(29)17-13-16-9-5-6-10-18(16)23-21(17)28/h2-4,7-8,13-14H,5-6,9-12H2,1H3,(H,23,28)/t14-/m0/s1. The quantitative estimate of drug-likeness (QED) is 0.730. The van der Waals surface area contributed by atoms with Gasteiger partial charge in [-0.1, -0.05) is 30.3 Å². The topological polar surface area (TPSA) is 83.9 Å². The Morgan fingerprint density at radius 1 is 1.14 bits per heavy atom. The summed E-state index contributed by atoms with van der Waals surface area (Å²) in [6.45, 7) is 3.01. The maximum atomic E-state index is 13.3. The number of benzene rings is 1. The van der Waals surface area contributed by atoms with Gasteiger partial charge in [-0.15, -0.1) is 0 Å². The van der Waals surface area contributed by atoms with Crippen molar-refractivity contribution in [3.63, 3.8) is 0 Å². The van der Waals surface area contributed by atoms with Crippen LogP contribution in [0.3, 0.4) is 0 Å². The molecule has 5 rings (SSSR count). The van der Waals surface area contributed by atoms with Crippen molar-refractivity contribution >= 4 is 5.91 Å². The number of pyridine rings is 1. The van der Waals surface area contributed by atoms with Gasteiger partial charge in [-0.2, -0.15) is 5.10 Å². The van der Waals surface area contributed by atoms with E-state index in [0.717, 1.165) is 48.3 Å². The molecule has 1 N–H and O–H groups in total. The molecule has 0 radical (unpaired) electrons. The van der Waals surface area contributed by atoms with E-state index in [0.29, 0.717) is 18.9 Å². The summed E-state index contributed by atoms with van der Waals surface area (Å²) in [5, 5.41) is 4.61. The van der Waals surface area contributed by atoms with Gasteiger partial charge in [0, 0.05) is 17.8 Å². The van der Waals surface area contributed by atoms with Crippen LogP contribution in [-0.4, -0.2) is 37.1 Å². The van der Waals surface area contributed by atoms with E-state index in [4.69, 9.17) is 4.98 Å². The lowest BCUT2D eigenvalue weighted by atomic mass is 9.94. The lowest BCUT2D eigenvalue weighted by Gasteiger charge is -2.33. The Kier molecular flexibility index (Phi) is 4.30. The van der Waals surface area contributed by atoms with Gasteiger partial charge in [0.25, 0.3) is 11.5 Å². The van der Waals surface area contributed by atoms with Crippen molar-refractivity contribution < 1.29 is 4.79 Å². The first-order valence-corrected chi connectivity index (χ1v) is 10.2. The zero-order valence-electron chi connectivity index (χ0n) is 16.4. The van der Waals surface area contributed by atoms with Crippen LogP contribution in [-0.2, 0) is 19.4 Å². The van der Waals surface area contributed by atoms with Gasteiger partial charge in [0.15, 0.2) is 5.82 Å². The van der Waals surface area contributed by atoms with E-state index in [9.17, 15) is 9.59 Å². The first kappa shape index (κ1) is 17.8. The Morgan fingerprint density at radius 2 is 1.93 bits per heavy atom. The number of hydrogen-bond donors (Lipinski definition) is 1. The highest BCUT2D eigenvalue weighted by Gasteiger charge is 2.32. The molecule has 1 aromatic carbocycles. The fraction of sp³-hybridized carbons (Fsp3) is 0.364. The van der Waals surface area contributed by atoms with E-state index in [1.54, 1.807) is 11.0 Å². The number of aromatic nitrogens is 4. The molecule has 7 nitrogen and oxygen atoms in total. The zero-order valence-corrected chi connectivity index (χ0v) is 16.4. The second kappa shape index (κ2) is 6.99. The highest BCUT2D eigenvalue weighted by Crippen LogP contribution is 2.28. The summed E-state index contributed by atoms with van der Waals surface area (Å²) >= 11 is 0. The van der Waals surface area contributed by atoms with Crippen LogP contribution in [0.2, 0.25) is 0 Å². The van der Waals surface area contributed by atoms with Crippen molar-refractivity contribution in [3.8, 4) is 11.4 Å². The second-order valence-corrected chi connectivity index (χ2v) is 7.78. The number of nitrogens with zero attached hydrogens (tertiary/aromatic N) is 4. The van der Waals surface area contributed by atoms with Crippen LogP contribution >= 0.6 is 0 Å². The Labute approximate surface area is 168 Å². The number of rotatable bonds is 2. The van der Waals surface area contributed by atoms with Crippen molar-refractivity contribution in [2.75, 3.05) is 6.54 Å². The molecule has 0 spiro atoms. The van der Waals surface area contributed by atoms with Gasteiger partial charge in [0.2, 0.25) is 0 Å². The highest BCUT2D eigenvalue weighted by atomic mass is 16.2. The number of aryl methyl sites for hydroxylation is 2.